The van der Waals surface area contributed by atoms with Crippen LogP contribution in [0.1, 0.15) is 43.0 Å². The predicted octanol–water partition coefficient (Wildman–Crippen LogP) is 5.15. The van der Waals surface area contributed by atoms with Crippen molar-refractivity contribution in [3.05, 3.63) is 58.6 Å². The minimum atomic E-state index is -0.470. The van der Waals surface area contributed by atoms with Gasteiger partial charge in [-0.3, -0.25) is 4.79 Å². The summed E-state index contributed by atoms with van der Waals surface area (Å²) in [5.74, 6) is -0.0449. The Morgan fingerprint density at radius 3 is 2.38 bits per heavy atom. The van der Waals surface area contributed by atoms with E-state index in [2.05, 4.69) is 22.9 Å². The molecule has 24 heavy (non-hydrogen) atoms. The third kappa shape index (κ3) is 5.81. The first-order chi connectivity index (χ1) is 11.6. The summed E-state index contributed by atoms with van der Waals surface area (Å²) < 4.78 is 11.4. The van der Waals surface area contributed by atoms with E-state index in [1.54, 1.807) is 36.4 Å². The normalized spacial score (nSPS) is 10.2. The molecule has 0 bridgehead atoms. The van der Waals surface area contributed by atoms with Crippen molar-refractivity contribution in [1.29, 1.82) is 0 Å². The van der Waals surface area contributed by atoms with E-state index in [-0.39, 0.29) is 5.97 Å². The van der Waals surface area contributed by atoms with Crippen LogP contribution in [0.3, 0.4) is 0 Å². The Morgan fingerprint density at radius 2 is 1.67 bits per heavy atom. The van der Waals surface area contributed by atoms with Crippen molar-refractivity contribution in [3.8, 4) is 11.5 Å². The van der Waals surface area contributed by atoms with Crippen molar-refractivity contribution in [3.63, 3.8) is 0 Å². The summed E-state index contributed by atoms with van der Waals surface area (Å²) in [6.45, 7) is 2.08. The van der Waals surface area contributed by atoms with Gasteiger partial charge in [-0.05, 0) is 36.8 Å². The predicted molar refractivity (Wildman–Crippen MR) is 95.3 cm³/mol. The van der Waals surface area contributed by atoms with Gasteiger partial charge in [-0.25, -0.2) is 4.79 Å². The smallest absolute Gasteiger partial charge is 0.343 e. The van der Waals surface area contributed by atoms with E-state index in [4.69, 9.17) is 9.47 Å². The Kier molecular flexibility index (Phi) is 7.00. The van der Waals surface area contributed by atoms with E-state index in [1.807, 2.05) is 6.07 Å². The zero-order chi connectivity index (χ0) is 17.4. The average molecular weight is 391 g/mol. The van der Waals surface area contributed by atoms with Crippen LogP contribution in [0.2, 0.25) is 0 Å². The van der Waals surface area contributed by atoms with Gasteiger partial charge in [-0.1, -0.05) is 47.8 Å². The van der Waals surface area contributed by atoms with Crippen molar-refractivity contribution in [2.45, 2.75) is 32.6 Å². The Balaban J connectivity index is 1.97. The molecule has 2 rings (SSSR count). The first-order valence-electron chi connectivity index (χ1n) is 7.87. The first-order valence-corrected chi connectivity index (χ1v) is 8.66. The monoisotopic (exact) mass is 390 g/mol. The molecule has 0 fully saturated rings. The van der Waals surface area contributed by atoms with Crippen LogP contribution in [0.5, 0.6) is 11.5 Å². The zero-order valence-corrected chi connectivity index (χ0v) is 15.0. The minimum absolute atomic E-state index is 0.279. The molecule has 0 saturated carbocycles. The molecule has 0 aliphatic rings. The highest BCUT2D eigenvalue weighted by atomic mass is 79.9. The second kappa shape index (κ2) is 9.23. The molecule has 0 radical (unpaired) electrons. The highest BCUT2D eigenvalue weighted by Gasteiger charge is 2.10. The number of unbranched alkanes of at least 4 members (excludes halogenated alkanes) is 2. The third-order valence-electron chi connectivity index (χ3n) is 3.29. The second-order valence-electron chi connectivity index (χ2n) is 5.31. The molecule has 0 N–H and O–H groups in total. The van der Waals surface area contributed by atoms with Crippen molar-refractivity contribution in [2.24, 2.45) is 0 Å². The number of carbonyl (C=O) groups is 2. The molecule has 0 heterocycles. The average Bonchev–Trinajstić information content (AvgIpc) is 2.55. The van der Waals surface area contributed by atoms with Gasteiger partial charge < -0.3 is 9.47 Å². The number of halogens is 1. The molecule has 0 aliphatic heterocycles. The largest absolute Gasteiger partial charge is 0.426 e. The maximum absolute atomic E-state index is 12.1. The zero-order valence-electron chi connectivity index (χ0n) is 13.5. The number of esters is 2. The molecule has 0 aromatic heterocycles. The Hall–Kier alpha value is -2.14. The van der Waals surface area contributed by atoms with E-state index in [9.17, 15) is 9.59 Å². The number of carbonyl (C=O) groups excluding carboxylic acids is 2. The van der Waals surface area contributed by atoms with Gasteiger partial charge in [0.15, 0.2) is 0 Å². The summed E-state index contributed by atoms with van der Waals surface area (Å²) in [5, 5.41) is 0. The van der Waals surface area contributed by atoms with Crippen molar-refractivity contribution < 1.29 is 19.1 Å². The van der Waals surface area contributed by atoms with Crippen LogP contribution in [0.25, 0.3) is 0 Å². The Morgan fingerprint density at radius 1 is 0.958 bits per heavy atom. The van der Waals surface area contributed by atoms with Crippen LogP contribution in [-0.4, -0.2) is 11.9 Å². The van der Waals surface area contributed by atoms with Crippen LogP contribution in [0.15, 0.2) is 53.0 Å². The van der Waals surface area contributed by atoms with Gasteiger partial charge >= 0.3 is 11.9 Å². The van der Waals surface area contributed by atoms with Gasteiger partial charge in [0.05, 0.1) is 5.56 Å². The summed E-state index contributed by atoms with van der Waals surface area (Å²) in [4.78, 5) is 23.9. The van der Waals surface area contributed by atoms with Crippen molar-refractivity contribution in [1.82, 2.24) is 0 Å². The molecule has 0 saturated heterocycles. The maximum atomic E-state index is 12.1. The van der Waals surface area contributed by atoms with Gasteiger partial charge in [0.25, 0.3) is 0 Å². The molecule has 0 atom stereocenters. The van der Waals surface area contributed by atoms with E-state index in [0.29, 0.717) is 23.5 Å². The topological polar surface area (TPSA) is 52.6 Å². The fourth-order valence-corrected chi connectivity index (χ4v) is 2.48. The SMILES string of the molecule is CCCCCC(=O)Oc1cccc(OC(=O)c2cccc(Br)c2)c1. The summed E-state index contributed by atoms with van der Waals surface area (Å²) in [5.41, 5.74) is 0.436. The number of hydrogen-bond acceptors (Lipinski definition) is 4. The third-order valence-corrected chi connectivity index (χ3v) is 3.79. The van der Waals surface area contributed by atoms with E-state index in [1.165, 1.54) is 6.07 Å². The molecule has 5 heteroatoms. The molecular weight excluding hydrogens is 372 g/mol. The maximum Gasteiger partial charge on any atom is 0.343 e. The Labute approximate surface area is 149 Å². The van der Waals surface area contributed by atoms with Crippen molar-refractivity contribution >= 4 is 27.9 Å². The van der Waals surface area contributed by atoms with E-state index in [0.717, 1.165) is 23.7 Å². The highest BCUT2D eigenvalue weighted by molar-refractivity contribution is 9.10. The fraction of sp³-hybridized carbons (Fsp3) is 0.263. The van der Waals surface area contributed by atoms with Crippen LogP contribution >= 0.6 is 15.9 Å². The number of ether oxygens (including phenoxy) is 2. The quantitative estimate of drug-likeness (QED) is 0.372. The van der Waals surface area contributed by atoms with E-state index < -0.39 is 5.97 Å². The fourth-order valence-electron chi connectivity index (χ4n) is 2.08. The van der Waals surface area contributed by atoms with Crippen LogP contribution in [0.4, 0.5) is 0 Å². The lowest BCUT2D eigenvalue weighted by molar-refractivity contribution is -0.134. The summed E-state index contributed by atoms with van der Waals surface area (Å²) in [6, 6.07) is 13.5. The summed E-state index contributed by atoms with van der Waals surface area (Å²) in [6.07, 6.45) is 3.25. The molecule has 0 amide bonds. The highest BCUT2D eigenvalue weighted by Crippen LogP contribution is 2.22. The lowest BCUT2D eigenvalue weighted by Gasteiger charge is -2.08. The molecule has 0 aliphatic carbocycles. The van der Waals surface area contributed by atoms with Gasteiger partial charge in [0, 0.05) is 17.0 Å². The molecular formula is C19H19BrO4. The molecule has 4 nitrogen and oxygen atoms in total. The lowest BCUT2D eigenvalue weighted by atomic mass is 10.2. The van der Waals surface area contributed by atoms with Gasteiger partial charge in [-0.15, -0.1) is 0 Å². The second-order valence-corrected chi connectivity index (χ2v) is 6.22. The minimum Gasteiger partial charge on any atom is -0.426 e. The van der Waals surface area contributed by atoms with Gasteiger partial charge in [-0.2, -0.15) is 0 Å². The Bertz CT molecular complexity index is 712. The number of rotatable bonds is 7. The standard InChI is InChI=1S/C19H19BrO4/c1-2-3-4-11-18(21)23-16-9-6-10-17(13-16)24-19(22)14-7-5-8-15(20)12-14/h5-10,12-13H,2-4,11H2,1H3. The number of benzene rings is 2. The summed E-state index contributed by atoms with van der Waals surface area (Å²) in [7, 11) is 0. The van der Waals surface area contributed by atoms with Crippen LogP contribution in [-0.2, 0) is 4.79 Å². The molecule has 0 spiro atoms. The molecule has 2 aromatic carbocycles. The van der Waals surface area contributed by atoms with Crippen LogP contribution < -0.4 is 9.47 Å². The molecule has 126 valence electrons. The van der Waals surface area contributed by atoms with E-state index >= 15 is 0 Å². The van der Waals surface area contributed by atoms with Gasteiger partial charge in [0.2, 0.25) is 0 Å². The molecule has 0 unspecified atom stereocenters. The van der Waals surface area contributed by atoms with Gasteiger partial charge in [0.1, 0.15) is 11.5 Å². The van der Waals surface area contributed by atoms with Crippen LogP contribution in [0, 0.1) is 0 Å². The number of hydrogen-bond donors (Lipinski definition) is 0. The lowest BCUT2D eigenvalue weighted by Crippen LogP contribution is -2.10. The summed E-state index contributed by atoms with van der Waals surface area (Å²) >= 11 is 3.32. The first kappa shape index (κ1) is 18.2. The van der Waals surface area contributed by atoms with Crippen molar-refractivity contribution in [2.75, 3.05) is 0 Å². The molecule has 2 aromatic rings.